The lowest BCUT2D eigenvalue weighted by Crippen LogP contribution is -2.47. The molecule has 1 unspecified atom stereocenters. The number of hydrogen-bond donors (Lipinski definition) is 2. The number of aliphatic hydroxyl groups excluding tert-OH is 1. The van der Waals surface area contributed by atoms with E-state index in [1.54, 1.807) is 13.2 Å². The predicted octanol–water partition coefficient (Wildman–Crippen LogP) is 2.10. The SMILES string of the molecule is COc1ccc(C2(O)CCN(C(O)CCc3ccc4c(c3)CCC(=O)N4OS(C)(=O)=O)CC2)cc1. The highest BCUT2D eigenvalue weighted by Crippen LogP contribution is 2.35. The summed E-state index contributed by atoms with van der Waals surface area (Å²) in [4.78, 5) is 14.1. The largest absolute Gasteiger partial charge is 0.497 e. The van der Waals surface area contributed by atoms with Crippen LogP contribution in [0.1, 0.15) is 42.4 Å². The first-order valence-corrected chi connectivity index (χ1v) is 13.5. The van der Waals surface area contributed by atoms with Gasteiger partial charge in [-0.2, -0.15) is 13.5 Å². The summed E-state index contributed by atoms with van der Waals surface area (Å²) in [5.74, 6) is 0.348. The number of methoxy groups -OCH3 is 1. The van der Waals surface area contributed by atoms with E-state index in [0.29, 0.717) is 50.9 Å². The van der Waals surface area contributed by atoms with Crippen LogP contribution in [-0.4, -0.2) is 62.1 Å². The molecule has 2 heterocycles. The normalized spacial score (nSPS) is 19.3. The smallest absolute Gasteiger partial charge is 0.285 e. The number of aliphatic hydroxyl groups is 2. The molecule has 1 saturated heterocycles. The maximum Gasteiger partial charge on any atom is 0.285 e. The Labute approximate surface area is 206 Å². The molecule has 4 rings (SSSR count). The summed E-state index contributed by atoms with van der Waals surface area (Å²) in [7, 11) is -2.22. The number of nitrogens with zero attached hydrogens (tertiary/aromatic N) is 2. The van der Waals surface area contributed by atoms with Gasteiger partial charge in [0.15, 0.2) is 0 Å². The molecule has 1 fully saturated rings. The third-order valence-electron chi connectivity index (χ3n) is 6.77. The lowest BCUT2D eigenvalue weighted by atomic mass is 9.84. The van der Waals surface area contributed by atoms with Crippen LogP contribution in [0.4, 0.5) is 5.69 Å². The number of aryl methyl sites for hydroxylation is 2. The molecule has 35 heavy (non-hydrogen) atoms. The highest BCUT2D eigenvalue weighted by atomic mass is 32.2. The van der Waals surface area contributed by atoms with E-state index in [0.717, 1.165) is 33.8 Å². The molecule has 2 aromatic rings. The van der Waals surface area contributed by atoms with Crippen LogP contribution in [0.2, 0.25) is 0 Å². The number of carbonyl (C=O) groups is 1. The van der Waals surface area contributed by atoms with Gasteiger partial charge in [-0.3, -0.25) is 9.69 Å². The van der Waals surface area contributed by atoms with Crippen molar-refractivity contribution in [3.8, 4) is 5.75 Å². The number of anilines is 1. The maximum atomic E-state index is 12.1. The Morgan fingerprint density at radius 2 is 1.77 bits per heavy atom. The first-order chi connectivity index (χ1) is 16.6. The van der Waals surface area contributed by atoms with Gasteiger partial charge in [0, 0.05) is 19.5 Å². The van der Waals surface area contributed by atoms with Crippen LogP contribution in [0, 0.1) is 0 Å². The minimum atomic E-state index is -3.83. The maximum absolute atomic E-state index is 12.1. The molecule has 0 aliphatic carbocycles. The number of likely N-dealkylation sites (tertiary alicyclic amines) is 1. The van der Waals surface area contributed by atoms with Crippen LogP contribution in [0.5, 0.6) is 5.75 Å². The second-order valence-electron chi connectivity index (χ2n) is 9.25. The van der Waals surface area contributed by atoms with Gasteiger partial charge in [-0.15, -0.1) is 4.28 Å². The predicted molar refractivity (Wildman–Crippen MR) is 130 cm³/mol. The van der Waals surface area contributed by atoms with E-state index in [9.17, 15) is 23.4 Å². The van der Waals surface area contributed by atoms with Crippen molar-refractivity contribution in [2.24, 2.45) is 0 Å². The molecule has 9 nitrogen and oxygen atoms in total. The van der Waals surface area contributed by atoms with Crippen LogP contribution >= 0.6 is 0 Å². The van der Waals surface area contributed by atoms with Gasteiger partial charge in [0.05, 0.1) is 24.7 Å². The summed E-state index contributed by atoms with van der Waals surface area (Å²) in [5, 5.41) is 22.7. The zero-order chi connectivity index (χ0) is 25.2. The second kappa shape index (κ2) is 10.2. The fraction of sp³-hybridized carbons (Fsp3) is 0.480. The first kappa shape index (κ1) is 25.6. The van der Waals surface area contributed by atoms with Crippen molar-refractivity contribution in [2.75, 3.05) is 31.5 Å². The zero-order valence-electron chi connectivity index (χ0n) is 20.0. The quantitative estimate of drug-likeness (QED) is 0.562. The molecule has 1 amide bonds. The van der Waals surface area contributed by atoms with Crippen molar-refractivity contribution in [3.63, 3.8) is 0 Å². The van der Waals surface area contributed by atoms with Gasteiger partial charge < -0.3 is 14.9 Å². The minimum Gasteiger partial charge on any atom is -0.497 e. The Morgan fingerprint density at radius 3 is 2.40 bits per heavy atom. The Balaban J connectivity index is 1.33. The van der Waals surface area contributed by atoms with E-state index >= 15 is 0 Å². The average Bonchev–Trinajstić information content (AvgIpc) is 2.84. The number of ether oxygens (including phenoxy) is 1. The van der Waals surface area contributed by atoms with Gasteiger partial charge in [-0.05, 0) is 67.0 Å². The molecule has 0 bridgehead atoms. The van der Waals surface area contributed by atoms with E-state index in [2.05, 4.69) is 0 Å². The fourth-order valence-electron chi connectivity index (χ4n) is 4.75. The summed E-state index contributed by atoms with van der Waals surface area (Å²) in [5.41, 5.74) is 2.20. The second-order valence-corrected chi connectivity index (χ2v) is 10.8. The average molecular weight is 505 g/mol. The molecule has 10 heteroatoms. The summed E-state index contributed by atoms with van der Waals surface area (Å²) >= 11 is 0. The molecule has 0 radical (unpaired) electrons. The van der Waals surface area contributed by atoms with Gasteiger partial charge in [0.25, 0.3) is 16.0 Å². The third kappa shape index (κ3) is 6.02. The number of carbonyl (C=O) groups excluding carboxylic acids is 1. The van der Waals surface area contributed by atoms with E-state index in [1.807, 2.05) is 41.3 Å². The van der Waals surface area contributed by atoms with Crippen molar-refractivity contribution >= 4 is 21.7 Å². The van der Waals surface area contributed by atoms with Crippen molar-refractivity contribution in [3.05, 3.63) is 59.2 Å². The zero-order valence-corrected chi connectivity index (χ0v) is 20.8. The van der Waals surface area contributed by atoms with Crippen molar-refractivity contribution in [1.29, 1.82) is 0 Å². The number of fused-ring (bicyclic) bond motifs is 1. The molecule has 190 valence electrons. The van der Waals surface area contributed by atoms with Crippen molar-refractivity contribution in [1.82, 2.24) is 4.90 Å². The van der Waals surface area contributed by atoms with Crippen LogP contribution in [0.25, 0.3) is 0 Å². The highest BCUT2D eigenvalue weighted by Gasteiger charge is 2.35. The van der Waals surface area contributed by atoms with Gasteiger partial charge in [0.1, 0.15) is 12.0 Å². The molecular weight excluding hydrogens is 472 g/mol. The Morgan fingerprint density at radius 1 is 1.09 bits per heavy atom. The number of rotatable bonds is 8. The number of hydroxylamine groups is 1. The van der Waals surface area contributed by atoms with Crippen molar-refractivity contribution in [2.45, 2.75) is 50.4 Å². The number of piperidine rings is 1. The van der Waals surface area contributed by atoms with Gasteiger partial charge in [0.2, 0.25) is 0 Å². The summed E-state index contributed by atoms with van der Waals surface area (Å²) in [6, 6.07) is 12.9. The molecule has 2 aromatic carbocycles. The minimum absolute atomic E-state index is 0.166. The fourth-order valence-corrected chi connectivity index (χ4v) is 5.18. The monoisotopic (exact) mass is 504 g/mol. The van der Waals surface area contributed by atoms with Crippen LogP contribution in [0.15, 0.2) is 42.5 Å². The van der Waals surface area contributed by atoms with E-state index in [-0.39, 0.29) is 6.42 Å². The molecule has 2 aliphatic rings. The summed E-state index contributed by atoms with van der Waals surface area (Å²) in [6.45, 7) is 1.15. The summed E-state index contributed by atoms with van der Waals surface area (Å²) < 4.78 is 33.1. The number of benzene rings is 2. The Kier molecular flexibility index (Phi) is 7.48. The number of hydrogen-bond acceptors (Lipinski definition) is 8. The molecule has 0 saturated carbocycles. The molecule has 0 aromatic heterocycles. The highest BCUT2D eigenvalue weighted by molar-refractivity contribution is 7.86. The van der Waals surface area contributed by atoms with E-state index in [4.69, 9.17) is 9.02 Å². The summed E-state index contributed by atoms with van der Waals surface area (Å²) in [6.07, 6.45) is 3.13. The lowest BCUT2D eigenvalue weighted by molar-refractivity contribution is -0.123. The van der Waals surface area contributed by atoms with Gasteiger partial charge >= 0.3 is 0 Å². The van der Waals surface area contributed by atoms with Crippen LogP contribution < -0.4 is 9.80 Å². The van der Waals surface area contributed by atoms with E-state index in [1.165, 1.54) is 0 Å². The standard InChI is InChI=1S/C25H32N2O7S/c1-33-21-8-6-20(7-9-21)25(30)13-15-26(16-14-25)23(28)11-4-18-3-10-22-19(17-18)5-12-24(29)27(22)34-35(2,31)32/h3,6-10,17,23,28,30H,4-5,11-16H2,1-2H3. The first-order valence-electron chi connectivity index (χ1n) is 11.7. The lowest BCUT2D eigenvalue weighted by Gasteiger charge is -2.40. The topological polar surface area (TPSA) is 117 Å². The van der Waals surface area contributed by atoms with Gasteiger partial charge in [-0.1, -0.05) is 24.3 Å². The molecule has 1 atom stereocenters. The van der Waals surface area contributed by atoms with E-state index < -0.39 is 27.9 Å². The molecule has 0 spiro atoms. The third-order valence-corrected chi connectivity index (χ3v) is 7.19. The molecular formula is C25H32N2O7S. The number of amides is 1. The van der Waals surface area contributed by atoms with Crippen LogP contribution in [0.3, 0.4) is 0 Å². The molecule has 2 aliphatic heterocycles. The van der Waals surface area contributed by atoms with Gasteiger partial charge in [-0.25, -0.2) is 0 Å². The Bertz CT molecular complexity index is 1160. The Hall–Kier alpha value is -2.50. The van der Waals surface area contributed by atoms with Crippen molar-refractivity contribution < 1.29 is 32.4 Å². The molecule has 2 N–H and O–H groups in total. The van der Waals surface area contributed by atoms with Crippen LogP contribution in [-0.2, 0) is 37.6 Å².